The van der Waals surface area contributed by atoms with E-state index in [1.807, 2.05) is 25.1 Å². The Morgan fingerprint density at radius 2 is 2.32 bits per heavy atom. The summed E-state index contributed by atoms with van der Waals surface area (Å²) in [7, 11) is 0. The van der Waals surface area contributed by atoms with Gasteiger partial charge in [0.1, 0.15) is 10.9 Å². The van der Waals surface area contributed by atoms with E-state index in [2.05, 4.69) is 31.4 Å². The number of carbonyl (C=O) groups excluding carboxylic acids is 1. The van der Waals surface area contributed by atoms with Gasteiger partial charge in [0.15, 0.2) is 0 Å². The lowest BCUT2D eigenvalue weighted by molar-refractivity contribution is 0.0955. The van der Waals surface area contributed by atoms with Gasteiger partial charge in [-0.25, -0.2) is 10.4 Å². The Bertz CT molecular complexity index is 707. The van der Waals surface area contributed by atoms with Gasteiger partial charge in [-0.2, -0.15) is 5.10 Å². The van der Waals surface area contributed by atoms with Crippen LogP contribution in [0.15, 0.2) is 46.1 Å². The Morgan fingerprint density at radius 1 is 1.50 bits per heavy atom. The summed E-state index contributed by atoms with van der Waals surface area (Å²) in [6, 6.07) is 8.72. The first kappa shape index (κ1) is 16.5. The summed E-state index contributed by atoms with van der Waals surface area (Å²) < 4.78 is 6.24. The molecule has 0 atom stereocenters. The van der Waals surface area contributed by atoms with E-state index in [0.29, 0.717) is 6.61 Å². The number of hydrogen-bond acceptors (Lipinski definition) is 4. The second kappa shape index (κ2) is 7.91. The van der Waals surface area contributed by atoms with Crippen molar-refractivity contribution in [1.29, 1.82) is 0 Å². The van der Waals surface area contributed by atoms with E-state index < -0.39 is 5.91 Å². The molecule has 0 fully saturated rings. The minimum absolute atomic E-state index is 0.138. The Labute approximate surface area is 141 Å². The molecule has 0 saturated heterocycles. The number of aromatic nitrogens is 1. The summed E-state index contributed by atoms with van der Waals surface area (Å²) >= 11 is 9.25. The fourth-order valence-electron chi connectivity index (χ4n) is 1.65. The lowest BCUT2D eigenvalue weighted by Crippen LogP contribution is -2.18. The third-order valence-electron chi connectivity index (χ3n) is 2.64. The molecule has 2 aromatic rings. The van der Waals surface area contributed by atoms with Crippen molar-refractivity contribution in [3.63, 3.8) is 0 Å². The molecular formula is C15H13BrClN3O2. The average molecular weight is 383 g/mol. The molecule has 1 aromatic heterocycles. The molecule has 1 N–H and O–H groups in total. The van der Waals surface area contributed by atoms with E-state index in [1.54, 1.807) is 12.1 Å². The number of halogens is 2. The van der Waals surface area contributed by atoms with E-state index in [4.69, 9.17) is 16.3 Å². The van der Waals surface area contributed by atoms with E-state index in [1.165, 1.54) is 12.4 Å². The SMILES string of the molecule is CCOc1ccc(C=NNC(=O)c2cccnc2Cl)cc1Br. The molecule has 0 saturated carbocycles. The van der Waals surface area contributed by atoms with Crippen molar-refractivity contribution in [2.24, 2.45) is 5.10 Å². The largest absolute Gasteiger partial charge is 0.493 e. The fraction of sp³-hybridized carbons (Fsp3) is 0.133. The Balaban J connectivity index is 2.02. The standard InChI is InChI=1S/C15H13BrClN3O2/c1-2-22-13-6-5-10(8-12(13)16)9-19-20-15(21)11-4-3-7-18-14(11)17/h3-9H,2H2,1H3,(H,20,21). The van der Waals surface area contributed by atoms with Gasteiger partial charge >= 0.3 is 0 Å². The van der Waals surface area contributed by atoms with Crippen LogP contribution in [-0.2, 0) is 0 Å². The van der Waals surface area contributed by atoms with Crippen molar-refractivity contribution < 1.29 is 9.53 Å². The van der Waals surface area contributed by atoms with Gasteiger partial charge < -0.3 is 4.74 Å². The van der Waals surface area contributed by atoms with Crippen molar-refractivity contribution in [2.75, 3.05) is 6.61 Å². The van der Waals surface area contributed by atoms with Crippen molar-refractivity contribution in [3.05, 3.63) is 57.3 Å². The zero-order chi connectivity index (χ0) is 15.9. The van der Waals surface area contributed by atoms with Gasteiger partial charge in [-0.05, 0) is 58.7 Å². The molecule has 5 nitrogen and oxygen atoms in total. The van der Waals surface area contributed by atoms with E-state index in [9.17, 15) is 4.79 Å². The summed E-state index contributed by atoms with van der Waals surface area (Å²) in [5, 5.41) is 4.04. The smallest absolute Gasteiger partial charge is 0.274 e. The maximum atomic E-state index is 11.9. The highest BCUT2D eigenvalue weighted by molar-refractivity contribution is 9.10. The highest BCUT2D eigenvalue weighted by Gasteiger charge is 2.09. The van der Waals surface area contributed by atoms with Crippen LogP contribution in [0.1, 0.15) is 22.8 Å². The molecule has 22 heavy (non-hydrogen) atoms. The van der Waals surface area contributed by atoms with Crippen LogP contribution in [0, 0.1) is 0 Å². The lowest BCUT2D eigenvalue weighted by atomic mass is 10.2. The van der Waals surface area contributed by atoms with Crippen molar-refractivity contribution in [1.82, 2.24) is 10.4 Å². The molecule has 1 amide bonds. The predicted octanol–water partition coefficient (Wildman–Crippen LogP) is 3.66. The average Bonchev–Trinajstić information content (AvgIpc) is 2.50. The molecule has 0 bridgehead atoms. The monoisotopic (exact) mass is 381 g/mol. The zero-order valence-corrected chi connectivity index (χ0v) is 14.1. The summed E-state index contributed by atoms with van der Waals surface area (Å²) in [5.41, 5.74) is 3.49. The second-order valence-corrected chi connectivity index (χ2v) is 5.38. The van der Waals surface area contributed by atoms with E-state index in [-0.39, 0.29) is 10.7 Å². The third-order valence-corrected chi connectivity index (χ3v) is 3.56. The molecule has 1 aromatic carbocycles. The molecule has 0 unspecified atom stereocenters. The van der Waals surface area contributed by atoms with Crippen molar-refractivity contribution in [2.45, 2.75) is 6.92 Å². The number of ether oxygens (including phenoxy) is 1. The molecule has 0 aliphatic carbocycles. The minimum atomic E-state index is -0.417. The van der Waals surface area contributed by atoms with Crippen LogP contribution in [0.25, 0.3) is 0 Å². The quantitative estimate of drug-likeness (QED) is 0.487. The Hall–Kier alpha value is -1.92. The van der Waals surface area contributed by atoms with Crippen LogP contribution in [0.4, 0.5) is 0 Å². The number of benzene rings is 1. The normalized spacial score (nSPS) is 10.7. The zero-order valence-electron chi connectivity index (χ0n) is 11.7. The van der Waals surface area contributed by atoms with Crippen molar-refractivity contribution >= 4 is 39.7 Å². The number of rotatable bonds is 5. The van der Waals surface area contributed by atoms with E-state index >= 15 is 0 Å². The third kappa shape index (κ3) is 4.29. The highest BCUT2D eigenvalue weighted by atomic mass is 79.9. The number of nitrogens with zero attached hydrogens (tertiary/aromatic N) is 2. The molecule has 1 heterocycles. The first-order valence-corrected chi connectivity index (χ1v) is 7.65. The summed E-state index contributed by atoms with van der Waals surface area (Å²) in [5.74, 6) is 0.338. The first-order chi connectivity index (χ1) is 10.6. The maximum absolute atomic E-state index is 11.9. The number of pyridine rings is 1. The maximum Gasteiger partial charge on any atom is 0.274 e. The lowest BCUT2D eigenvalue weighted by Gasteiger charge is -2.06. The van der Waals surface area contributed by atoms with Crippen LogP contribution in [0.3, 0.4) is 0 Å². The Morgan fingerprint density at radius 3 is 3.00 bits per heavy atom. The van der Waals surface area contributed by atoms with Crippen LogP contribution in [0.5, 0.6) is 5.75 Å². The van der Waals surface area contributed by atoms with Gasteiger partial charge in [-0.1, -0.05) is 11.6 Å². The predicted molar refractivity (Wildman–Crippen MR) is 89.6 cm³/mol. The van der Waals surface area contributed by atoms with Gasteiger partial charge in [0, 0.05) is 6.20 Å². The number of amides is 1. The molecule has 7 heteroatoms. The van der Waals surface area contributed by atoms with Gasteiger partial charge in [0.05, 0.1) is 22.9 Å². The first-order valence-electron chi connectivity index (χ1n) is 6.48. The molecule has 0 aliphatic rings. The number of carbonyl (C=O) groups is 1. The highest BCUT2D eigenvalue weighted by Crippen LogP contribution is 2.25. The Kier molecular flexibility index (Phi) is 5.91. The van der Waals surface area contributed by atoms with Gasteiger partial charge in [0.25, 0.3) is 5.91 Å². The summed E-state index contributed by atoms with van der Waals surface area (Å²) in [6.45, 7) is 2.51. The molecule has 114 valence electrons. The second-order valence-electron chi connectivity index (χ2n) is 4.16. The minimum Gasteiger partial charge on any atom is -0.493 e. The number of nitrogens with one attached hydrogen (secondary N) is 1. The molecule has 0 radical (unpaired) electrons. The molecule has 2 rings (SSSR count). The van der Waals surface area contributed by atoms with Gasteiger partial charge in [0.2, 0.25) is 0 Å². The van der Waals surface area contributed by atoms with E-state index in [0.717, 1.165) is 15.8 Å². The summed E-state index contributed by atoms with van der Waals surface area (Å²) in [6.07, 6.45) is 3.04. The van der Waals surface area contributed by atoms with Crippen LogP contribution in [0.2, 0.25) is 5.15 Å². The topological polar surface area (TPSA) is 63.6 Å². The fourth-order valence-corrected chi connectivity index (χ4v) is 2.37. The van der Waals surface area contributed by atoms with Gasteiger partial charge in [-0.3, -0.25) is 4.79 Å². The van der Waals surface area contributed by atoms with Crippen LogP contribution < -0.4 is 10.2 Å². The molecule has 0 spiro atoms. The van der Waals surface area contributed by atoms with Crippen molar-refractivity contribution in [3.8, 4) is 5.75 Å². The number of hydrazone groups is 1. The van der Waals surface area contributed by atoms with Gasteiger partial charge in [-0.15, -0.1) is 0 Å². The molecular weight excluding hydrogens is 370 g/mol. The number of hydrogen-bond donors (Lipinski definition) is 1. The summed E-state index contributed by atoms with van der Waals surface area (Å²) in [4.78, 5) is 15.7. The van der Waals surface area contributed by atoms with Crippen LogP contribution >= 0.6 is 27.5 Å². The molecule has 0 aliphatic heterocycles. The van der Waals surface area contributed by atoms with Crippen LogP contribution in [-0.4, -0.2) is 23.7 Å².